The van der Waals surface area contributed by atoms with Crippen molar-refractivity contribution in [1.29, 1.82) is 0 Å². The fraction of sp³-hybridized carbons (Fsp3) is 0.0417. The Morgan fingerprint density at radius 2 is 1.60 bits per heavy atom. The Morgan fingerprint density at radius 1 is 0.867 bits per heavy atom. The topological polar surface area (TPSA) is 66.9 Å². The molecule has 1 amide bonds. The van der Waals surface area contributed by atoms with E-state index in [-0.39, 0.29) is 5.91 Å². The average Bonchev–Trinajstić information content (AvgIpc) is 2.76. The summed E-state index contributed by atoms with van der Waals surface area (Å²) in [7, 11) is 0. The van der Waals surface area contributed by atoms with Crippen LogP contribution in [0.3, 0.4) is 0 Å². The Morgan fingerprint density at radius 3 is 2.33 bits per heavy atom. The molecule has 0 saturated heterocycles. The highest BCUT2D eigenvalue weighted by atomic mass is 79.9. The van der Waals surface area contributed by atoms with Gasteiger partial charge in [0.25, 0.3) is 5.91 Å². The molecule has 6 heteroatoms. The minimum Gasteiger partial charge on any atom is -0.340 e. The Bertz CT molecular complexity index is 1170. The maximum Gasteiger partial charge on any atom is 0.255 e. The predicted octanol–water partition coefficient (Wildman–Crippen LogP) is 6.21. The van der Waals surface area contributed by atoms with E-state index < -0.39 is 0 Å². The Balaban J connectivity index is 1.45. The zero-order chi connectivity index (χ0) is 20.9. The molecule has 0 saturated carbocycles. The summed E-state index contributed by atoms with van der Waals surface area (Å²) >= 11 is 3.38. The highest BCUT2D eigenvalue weighted by Gasteiger charge is 2.07. The third-order valence-electron chi connectivity index (χ3n) is 4.50. The lowest BCUT2D eigenvalue weighted by Crippen LogP contribution is -2.11. The maximum absolute atomic E-state index is 12.4. The summed E-state index contributed by atoms with van der Waals surface area (Å²) in [6, 6.07) is 24.8. The minimum absolute atomic E-state index is 0.160. The molecule has 5 nitrogen and oxygen atoms in total. The van der Waals surface area contributed by atoms with Gasteiger partial charge in [-0.25, -0.2) is 9.97 Å². The van der Waals surface area contributed by atoms with Gasteiger partial charge in [-0.3, -0.25) is 4.79 Å². The summed E-state index contributed by atoms with van der Waals surface area (Å²) in [5.41, 5.74) is 5.23. The SMILES string of the molecule is Cc1cccc(-c2cc(Nc3ccc(C(=O)Nc4ccc(Br)cc4)cc3)ncn2)c1. The van der Waals surface area contributed by atoms with Gasteiger partial charge in [0.15, 0.2) is 0 Å². The maximum atomic E-state index is 12.4. The van der Waals surface area contributed by atoms with Crippen LogP contribution in [0.1, 0.15) is 15.9 Å². The van der Waals surface area contributed by atoms with Gasteiger partial charge in [0.05, 0.1) is 5.69 Å². The zero-order valence-corrected chi connectivity index (χ0v) is 17.8. The molecule has 0 fully saturated rings. The quantitative estimate of drug-likeness (QED) is 0.372. The molecule has 2 N–H and O–H groups in total. The van der Waals surface area contributed by atoms with Crippen LogP contribution in [0.4, 0.5) is 17.2 Å². The molecule has 0 aliphatic rings. The number of carbonyl (C=O) groups is 1. The van der Waals surface area contributed by atoms with Crippen molar-refractivity contribution in [3.63, 3.8) is 0 Å². The van der Waals surface area contributed by atoms with Crippen LogP contribution in [0, 0.1) is 6.92 Å². The molecule has 4 aromatic rings. The lowest BCUT2D eigenvalue weighted by Gasteiger charge is -2.09. The van der Waals surface area contributed by atoms with Crippen LogP contribution in [0.15, 0.2) is 89.7 Å². The summed E-state index contributed by atoms with van der Waals surface area (Å²) in [5.74, 6) is 0.529. The normalized spacial score (nSPS) is 10.5. The largest absolute Gasteiger partial charge is 0.340 e. The van der Waals surface area contributed by atoms with Crippen molar-refractivity contribution in [2.75, 3.05) is 10.6 Å². The number of aromatic nitrogens is 2. The monoisotopic (exact) mass is 458 g/mol. The Kier molecular flexibility index (Phi) is 5.86. The first-order chi connectivity index (χ1) is 14.6. The summed E-state index contributed by atoms with van der Waals surface area (Å²) in [5, 5.41) is 6.15. The number of hydrogen-bond donors (Lipinski definition) is 2. The van der Waals surface area contributed by atoms with Crippen molar-refractivity contribution in [2.24, 2.45) is 0 Å². The van der Waals surface area contributed by atoms with Gasteiger partial charge >= 0.3 is 0 Å². The number of nitrogens with one attached hydrogen (secondary N) is 2. The minimum atomic E-state index is -0.160. The van der Waals surface area contributed by atoms with Crippen LogP contribution in [-0.2, 0) is 0 Å². The lowest BCUT2D eigenvalue weighted by atomic mass is 10.1. The predicted molar refractivity (Wildman–Crippen MR) is 124 cm³/mol. The average molecular weight is 459 g/mol. The van der Waals surface area contributed by atoms with Crippen LogP contribution in [0.5, 0.6) is 0 Å². The van der Waals surface area contributed by atoms with Gasteiger partial charge in [0, 0.05) is 33.0 Å². The highest BCUT2D eigenvalue weighted by Crippen LogP contribution is 2.22. The van der Waals surface area contributed by atoms with E-state index in [9.17, 15) is 4.79 Å². The van der Waals surface area contributed by atoms with Gasteiger partial charge in [0.1, 0.15) is 12.1 Å². The number of aryl methyl sites for hydroxylation is 1. The van der Waals surface area contributed by atoms with Crippen molar-refractivity contribution in [3.8, 4) is 11.3 Å². The third kappa shape index (κ3) is 4.90. The van der Waals surface area contributed by atoms with Crippen LogP contribution in [-0.4, -0.2) is 15.9 Å². The second kappa shape index (κ2) is 8.88. The molecule has 0 aliphatic heterocycles. The molecular formula is C24H19BrN4O. The lowest BCUT2D eigenvalue weighted by molar-refractivity contribution is 0.102. The highest BCUT2D eigenvalue weighted by molar-refractivity contribution is 9.10. The molecule has 0 spiro atoms. The molecule has 0 aliphatic carbocycles. The summed E-state index contributed by atoms with van der Waals surface area (Å²) in [6.07, 6.45) is 1.54. The zero-order valence-electron chi connectivity index (χ0n) is 16.3. The van der Waals surface area contributed by atoms with Crippen LogP contribution >= 0.6 is 15.9 Å². The van der Waals surface area contributed by atoms with Crippen molar-refractivity contribution in [1.82, 2.24) is 9.97 Å². The van der Waals surface area contributed by atoms with Crippen molar-refractivity contribution >= 4 is 39.0 Å². The second-order valence-corrected chi connectivity index (χ2v) is 7.74. The fourth-order valence-electron chi connectivity index (χ4n) is 2.98. The Hall–Kier alpha value is -3.51. The smallest absolute Gasteiger partial charge is 0.255 e. The molecule has 1 aromatic heterocycles. The van der Waals surface area contributed by atoms with E-state index in [0.717, 1.165) is 27.1 Å². The molecule has 1 heterocycles. The number of rotatable bonds is 5. The molecule has 0 radical (unpaired) electrons. The molecule has 0 atom stereocenters. The Labute approximate surface area is 183 Å². The van der Waals surface area contributed by atoms with E-state index >= 15 is 0 Å². The molecule has 4 rings (SSSR count). The van der Waals surface area contributed by atoms with E-state index in [0.29, 0.717) is 11.4 Å². The number of hydrogen-bond acceptors (Lipinski definition) is 4. The van der Waals surface area contributed by atoms with E-state index in [4.69, 9.17) is 0 Å². The van der Waals surface area contributed by atoms with Crippen LogP contribution in [0.25, 0.3) is 11.3 Å². The van der Waals surface area contributed by atoms with E-state index in [1.807, 2.05) is 54.6 Å². The van der Waals surface area contributed by atoms with Gasteiger partial charge in [-0.05, 0) is 61.5 Å². The molecule has 148 valence electrons. The number of halogens is 1. The fourth-order valence-corrected chi connectivity index (χ4v) is 3.24. The van der Waals surface area contributed by atoms with Gasteiger partial charge in [-0.15, -0.1) is 0 Å². The summed E-state index contributed by atoms with van der Waals surface area (Å²) in [4.78, 5) is 21.1. The molecule has 30 heavy (non-hydrogen) atoms. The number of amides is 1. The van der Waals surface area contributed by atoms with E-state index in [2.05, 4.69) is 55.6 Å². The van der Waals surface area contributed by atoms with E-state index in [1.165, 1.54) is 5.56 Å². The standard InChI is InChI=1S/C24H19BrN4O/c1-16-3-2-4-18(13-16)22-14-23(27-15-26-22)28-20-9-5-17(6-10-20)24(30)29-21-11-7-19(25)8-12-21/h2-15H,1H3,(H,29,30)(H,26,27,28). The first kappa shape index (κ1) is 19.8. The number of nitrogens with zero attached hydrogens (tertiary/aromatic N) is 2. The first-order valence-electron chi connectivity index (χ1n) is 9.40. The van der Waals surface area contributed by atoms with Crippen LogP contribution < -0.4 is 10.6 Å². The third-order valence-corrected chi connectivity index (χ3v) is 5.03. The number of anilines is 3. The van der Waals surface area contributed by atoms with Gasteiger partial charge in [0.2, 0.25) is 0 Å². The first-order valence-corrected chi connectivity index (χ1v) is 10.2. The molecule has 3 aromatic carbocycles. The van der Waals surface area contributed by atoms with Crippen LogP contribution in [0.2, 0.25) is 0 Å². The van der Waals surface area contributed by atoms with Crippen molar-refractivity contribution in [3.05, 3.63) is 101 Å². The molecule has 0 bridgehead atoms. The molecular weight excluding hydrogens is 440 g/mol. The van der Waals surface area contributed by atoms with Gasteiger partial charge in [-0.1, -0.05) is 39.7 Å². The second-order valence-electron chi connectivity index (χ2n) is 6.82. The number of benzene rings is 3. The van der Waals surface area contributed by atoms with Crippen molar-refractivity contribution in [2.45, 2.75) is 6.92 Å². The number of carbonyl (C=O) groups excluding carboxylic acids is 1. The van der Waals surface area contributed by atoms with Gasteiger partial charge in [-0.2, -0.15) is 0 Å². The van der Waals surface area contributed by atoms with Gasteiger partial charge < -0.3 is 10.6 Å². The summed E-state index contributed by atoms with van der Waals surface area (Å²) < 4.78 is 0.964. The molecule has 0 unspecified atom stereocenters. The van der Waals surface area contributed by atoms with E-state index in [1.54, 1.807) is 18.5 Å². The van der Waals surface area contributed by atoms with Crippen molar-refractivity contribution < 1.29 is 4.79 Å². The summed E-state index contributed by atoms with van der Waals surface area (Å²) in [6.45, 7) is 2.05.